The Bertz CT molecular complexity index is 350. The average molecular weight is 231 g/mol. The summed E-state index contributed by atoms with van der Waals surface area (Å²) in [6.07, 6.45) is 0. The van der Waals surface area contributed by atoms with Crippen molar-refractivity contribution in [2.24, 2.45) is 10.8 Å². The van der Waals surface area contributed by atoms with Crippen molar-refractivity contribution >= 4 is 9.84 Å². The fraction of sp³-hybridized carbons (Fsp3) is 1.00. The molecule has 0 unspecified atom stereocenters. The van der Waals surface area contributed by atoms with Crippen molar-refractivity contribution in [3.8, 4) is 0 Å². The number of nitrogens with zero attached hydrogens (tertiary/aromatic N) is 1. The smallest absolute Gasteiger partial charge is 0.151 e. The van der Waals surface area contributed by atoms with Crippen LogP contribution in [-0.4, -0.2) is 44.0 Å². The minimum Gasteiger partial charge on any atom is -0.300 e. The molecule has 3 nitrogen and oxygen atoms in total. The SMILES string of the molecule is CC(C)N1C[C@@]2(C)CS(=O)(=O)C[C@@]2(C)C1. The highest BCUT2D eigenvalue weighted by Crippen LogP contribution is 2.52. The molecule has 15 heavy (non-hydrogen) atoms. The van der Waals surface area contributed by atoms with Crippen LogP contribution in [0, 0.1) is 10.8 Å². The van der Waals surface area contributed by atoms with Crippen molar-refractivity contribution in [2.75, 3.05) is 24.6 Å². The van der Waals surface area contributed by atoms with Crippen LogP contribution in [0.3, 0.4) is 0 Å². The lowest BCUT2D eigenvalue weighted by Gasteiger charge is -2.30. The van der Waals surface area contributed by atoms with Crippen molar-refractivity contribution in [2.45, 2.75) is 33.7 Å². The maximum Gasteiger partial charge on any atom is 0.151 e. The zero-order valence-corrected chi connectivity index (χ0v) is 10.9. The molecule has 0 aromatic rings. The molecule has 0 radical (unpaired) electrons. The molecule has 2 aliphatic heterocycles. The molecule has 2 rings (SSSR count). The van der Waals surface area contributed by atoms with Gasteiger partial charge in [0.15, 0.2) is 9.84 Å². The minimum atomic E-state index is -2.80. The van der Waals surface area contributed by atoms with Crippen LogP contribution in [0.25, 0.3) is 0 Å². The number of fused-ring (bicyclic) bond motifs is 1. The maximum absolute atomic E-state index is 11.7. The zero-order valence-electron chi connectivity index (χ0n) is 10.1. The van der Waals surface area contributed by atoms with E-state index in [4.69, 9.17) is 0 Å². The maximum atomic E-state index is 11.7. The summed E-state index contributed by atoms with van der Waals surface area (Å²) >= 11 is 0. The summed E-state index contributed by atoms with van der Waals surface area (Å²) in [5, 5.41) is 0. The summed E-state index contributed by atoms with van der Waals surface area (Å²) < 4.78 is 23.4. The molecule has 88 valence electrons. The first kappa shape index (κ1) is 11.4. The van der Waals surface area contributed by atoms with Crippen LogP contribution in [0.15, 0.2) is 0 Å². The first-order valence-electron chi connectivity index (χ1n) is 5.62. The molecule has 0 amide bonds. The van der Waals surface area contributed by atoms with Crippen LogP contribution in [0.2, 0.25) is 0 Å². The zero-order chi connectivity index (χ0) is 11.5. The standard InChI is InChI=1S/C11H21NO2S/c1-9(2)12-5-10(3)7-15(13,14)8-11(10,4)6-12/h9H,5-8H2,1-4H3/t10-,11+. The van der Waals surface area contributed by atoms with Gasteiger partial charge in [-0.3, -0.25) is 4.90 Å². The Morgan fingerprint density at radius 1 is 1.07 bits per heavy atom. The van der Waals surface area contributed by atoms with Gasteiger partial charge in [0.1, 0.15) is 0 Å². The molecule has 0 aromatic heterocycles. The second-order valence-corrected chi connectivity index (χ2v) is 8.22. The van der Waals surface area contributed by atoms with E-state index in [9.17, 15) is 8.42 Å². The van der Waals surface area contributed by atoms with Crippen LogP contribution in [-0.2, 0) is 9.84 Å². The number of sulfone groups is 1. The van der Waals surface area contributed by atoms with Crippen molar-refractivity contribution < 1.29 is 8.42 Å². The molecule has 2 aliphatic rings. The lowest BCUT2D eigenvalue weighted by Crippen LogP contribution is -2.34. The molecule has 2 saturated heterocycles. The molecule has 0 N–H and O–H groups in total. The third-order valence-corrected chi connectivity index (χ3v) is 6.52. The summed E-state index contributed by atoms with van der Waals surface area (Å²) in [6.45, 7) is 10.5. The summed E-state index contributed by atoms with van der Waals surface area (Å²) in [7, 11) is -2.80. The predicted molar refractivity (Wildman–Crippen MR) is 61.6 cm³/mol. The molecular formula is C11H21NO2S. The Balaban J connectivity index is 2.31. The Hall–Kier alpha value is -0.0900. The molecule has 2 atom stereocenters. The van der Waals surface area contributed by atoms with Crippen LogP contribution in [0.4, 0.5) is 0 Å². The fourth-order valence-electron chi connectivity index (χ4n) is 3.16. The van der Waals surface area contributed by atoms with E-state index >= 15 is 0 Å². The van der Waals surface area contributed by atoms with Crippen molar-refractivity contribution in [1.82, 2.24) is 4.90 Å². The lowest BCUT2D eigenvalue weighted by atomic mass is 9.71. The van der Waals surface area contributed by atoms with Gasteiger partial charge in [0.05, 0.1) is 11.5 Å². The van der Waals surface area contributed by atoms with Gasteiger partial charge < -0.3 is 0 Å². The summed E-state index contributed by atoms with van der Waals surface area (Å²) in [6, 6.07) is 0.520. The van der Waals surface area contributed by atoms with Gasteiger partial charge in [-0.25, -0.2) is 8.42 Å². The number of likely N-dealkylation sites (tertiary alicyclic amines) is 1. The minimum absolute atomic E-state index is 0.0316. The van der Waals surface area contributed by atoms with Gasteiger partial charge in [0.25, 0.3) is 0 Å². The highest BCUT2D eigenvalue weighted by atomic mass is 32.2. The van der Waals surface area contributed by atoms with E-state index in [2.05, 4.69) is 32.6 Å². The van der Waals surface area contributed by atoms with Gasteiger partial charge in [-0.1, -0.05) is 13.8 Å². The van der Waals surface area contributed by atoms with E-state index in [1.807, 2.05) is 0 Å². The molecule has 0 aromatic carbocycles. The predicted octanol–water partition coefficient (Wildman–Crippen LogP) is 1.15. The molecule has 0 saturated carbocycles. The lowest BCUT2D eigenvalue weighted by molar-refractivity contribution is 0.212. The Morgan fingerprint density at radius 2 is 1.47 bits per heavy atom. The average Bonchev–Trinajstić information content (AvgIpc) is 2.28. The molecule has 4 heteroatoms. The van der Waals surface area contributed by atoms with Gasteiger partial charge in [-0.15, -0.1) is 0 Å². The van der Waals surface area contributed by atoms with E-state index in [1.165, 1.54) is 0 Å². The third kappa shape index (κ3) is 1.62. The second kappa shape index (κ2) is 2.98. The van der Waals surface area contributed by atoms with Crippen LogP contribution >= 0.6 is 0 Å². The first-order chi connectivity index (χ1) is 6.68. The van der Waals surface area contributed by atoms with Crippen LogP contribution < -0.4 is 0 Å². The Kier molecular flexibility index (Phi) is 2.26. The fourth-order valence-corrected chi connectivity index (χ4v) is 6.08. The highest BCUT2D eigenvalue weighted by molar-refractivity contribution is 7.91. The quantitative estimate of drug-likeness (QED) is 0.679. The summed E-state index contributed by atoms with van der Waals surface area (Å²) in [5.41, 5.74) is -0.0633. The number of hydrogen-bond donors (Lipinski definition) is 0. The van der Waals surface area contributed by atoms with Crippen LogP contribution in [0.1, 0.15) is 27.7 Å². The Morgan fingerprint density at radius 3 is 1.80 bits per heavy atom. The van der Waals surface area contributed by atoms with E-state index < -0.39 is 9.84 Å². The van der Waals surface area contributed by atoms with Gasteiger partial charge in [-0.05, 0) is 13.8 Å². The Labute approximate surface area is 92.8 Å². The monoisotopic (exact) mass is 231 g/mol. The number of rotatable bonds is 1. The van der Waals surface area contributed by atoms with Crippen molar-refractivity contribution in [1.29, 1.82) is 0 Å². The van der Waals surface area contributed by atoms with E-state index in [1.54, 1.807) is 0 Å². The summed E-state index contributed by atoms with van der Waals surface area (Å²) in [5.74, 6) is 0.749. The molecule has 2 fully saturated rings. The van der Waals surface area contributed by atoms with Gasteiger partial charge in [0.2, 0.25) is 0 Å². The largest absolute Gasteiger partial charge is 0.300 e. The van der Waals surface area contributed by atoms with Gasteiger partial charge in [-0.2, -0.15) is 0 Å². The molecule has 0 bridgehead atoms. The number of hydrogen-bond acceptors (Lipinski definition) is 3. The van der Waals surface area contributed by atoms with Crippen LogP contribution in [0.5, 0.6) is 0 Å². The van der Waals surface area contributed by atoms with Gasteiger partial charge >= 0.3 is 0 Å². The third-order valence-electron chi connectivity index (χ3n) is 4.37. The topological polar surface area (TPSA) is 37.4 Å². The summed E-state index contributed by atoms with van der Waals surface area (Å²) in [4.78, 5) is 2.41. The molecule has 0 aliphatic carbocycles. The first-order valence-corrected chi connectivity index (χ1v) is 7.44. The highest BCUT2D eigenvalue weighted by Gasteiger charge is 2.60. The van der Waals surface area contributed by atoms with Crippen molar-refractivity contribution in [3.63, 3.8) is 0 Å². The van der Waals surface area contributed by atoms with E-state index in [-0.39, 0.29) is 10.8 Å². The molecular weight excluding hydrogens is 210 g/mol. The molecule has 0 spiro atoms. The van der Waals surface area contributed by atoms with E-state index in [0.717, 1.165) is 13.1 Å². The second-order valence-electron chi connectivity index (χ2n) is 6.15. The van der Waals surface area contributed by atoms with Gasteiger partial charge in [0, 0.05) is 30.0 Å². The normalized spacial score (nSPS) is 44.9. The van der Waals surface area contributed by atoms with E-state index in [0.29, 0.717) is 17.5 Å². The van der Waals surface area contributed by atoms with Crippen molar-refractivity contribution in [3.05, 3.63) is 0 Å². The molecule has 2 heterocycles.